The van der Waals surface area contributed by atoms with Gasteiger partial charge in [0.15, 0.2) is 0 Å². The third-order valence-corrected chi connectivity index (χ3v) is 3.28. The van der Waals surface area contributed by atoms with Crippen molar-refractivity contribution < 1.29 is 4.74 Å². The summed E-state index contributed by atoms with van der Waals surface area (Å²) in [5, 5.41) is 0.957. The molecule has 0 bridgehead atoms. The molecule has 1 aromatic heterocycles. The third kappa shape index (κ3) is 2.17. The predicted molar refractivity (Wildman–Crippen MR) is 67.9 cm³/mol. The average Bonchev–Trinajstić information content (AvgIpc) is 2.61. The van der Waals surface area contributed by atoms with Crippen molar-refractivity contribution in [3.05, 3.63) is 29.1 Å². The molecule has 0 radical (unpaired) electrons. The summed E-state index contributed by atoms with van der Waals surface area (Å²) in [6.45, 7) is 4.63. The lowest BCUT2D eigenvalue weighted by Gasteiger charge is -2.02. The van der Waals surface area contributed by atoms with Crippen LogP contribution in [0.1, 0.15) is 11.8 Å². The fraction of sp³-hybridized carbons (Fsp3) is 0.250. The first kappa shape index (κ1) is 11.0. The molecule has 2 rings (SSSR count). The van der Waals surface area contributed by atoms with E-state index in [1.807, 2.05) is 38.1 Å². The Balaban J connectivity index is 2.27. The van der Waals surface area contributed by atoms with Crippen LogP contribution < -0.4 is 10.5 Å². The fourth-order valence-corrected chi connectivity index (χ4v) is 2.23. The van der Waals surface area contributed by atoms with E-state index in [1.165, 1.54) is 0 Å². The first-order chi connectivity index (χ1) is 7.70. The van der Waals surface area contributed by atoms with Crippen LogP contribution in [0.4, 0.5) is 5.82 Å². The van der Waals surface area contributed by atoms with Crippen molar-refractivity contribution in [1.29, 1.82) is 0 Å². The molecular formula is C12H14N2OS. The lowest BCUT2D eigenvalue weighted by molar-refractivity contribution is 0.340. The molecule has 0 aliphatic heterocycles. The van der Waals surface area contributed by atoms with Crippen LogP contribution in [-0.4, -0.2) is 11.6 Å². The van der Waals surface area contributed by atoms with Crippen LogP contribution in [0.15, 0.2) is 24.3 Å². The number of benzene rings is 1. The average molecular weight is 234 g/mol. The number of anilines is 1. The van der Waals surface area contributed by atoms with Gasteiger partial charge in [-0.3, -0.25) is 0 Å². The first-order valence-corrected chi connectivity index (χ1v) is 5.98. The number of rotatable bonds is 3. The number of nitrogens with two attached hydrogens (primary N) is 1. The minimum absolute atomic E-state index is 0.619. The number of hydrogen-bond donors (Lipinski definition) is 1. The highest BCUT2D eigenvalue weighted by atomic mass is 32.1. The highest BCUT2D eigenvalue weighted by Gasteiger charge is 2.06. The molecule has 0 saturated carbocycles. The zero-order valence-electron chi connectivity index (χ0n) is 9.36. The van der Waals surface area contributed by atoms with Gasteiger partial charge in [-0.15, -0.1) is 11.3 Å². The first-order valence-electron chi connectivity index (χ1n) is 5.17. The van der Waals surface area contributed by atoms with Crippen LogP contribution in [0.25, 0.3) is 10.6 Å². The Kier molecular flexibility index (Phi) is 3.10. The topological polar surface area (TPSA) is 48.1 Å². The molecule has 0 spiro atoms. The van der Waals surface area contributed by atoms with Crippen molar-refractivity contribution in [3.63, 3.8) is 0 Å². The van der Waals surface area contributed by atoms with Crippen LogP contribution >= 0.6 is 11.3 Å². The van der Waals surface area contributed by atoms with Gasteiger partial charge in [0.2, 0.25) is 0 Å². The van der Waals surface area contributed by atoms with E-state index in [2.05, 4.69) is 4.98 Å². The Morgan fingerprint density at radius 1 is 1.31 bits per heavy atom. The zero-order chi connectivity index (χ0) is 11.5. The number of aromatic nitrogens is 1. The maximum atomic E-state index is 5.73. The molecule has 2 N–H and O–H groups in total. The molecular weight excluding hydrogens is 220 g/mol. The SMILES string of the molecule is CCOc1ccc(-c2nc(N)c(C)s2)cc1. The van der Waals surface area contributed by atoms with Gasteiger partial charge in [0.1, 0.15) is 16.6 Å². The summed E-state index contributed by atoms with van der Waals surface area (Å²) < 4.78 is 5.38. The van der Waals surface area contributed by atoms with Crippen molar-refractivity contribution in [3.8, 4) is 16.3 Å². The third-order valence-electron chi connectivity index (χ3n) is 2.24. The second-order valence-corrected chi connectivity index (χ2v) is 4.62. The summed E-state index contributed by atoms with van der Waals surface area (Å²) in [6, 6.07) is 7.91. The standard InChI is InChI=1S/C12H14N2OS/c1-3-15-10-6-4-9(5-7-10)12-14-11(13)8(2)16-12/h4-7H,3,13H2,1-2H3. The van der Waals surface area contributed by atoms with Gasteiger partial charge < -0.3 is 10.5 Å². The summed E-state index contributed by atoms with van der Waals surface area (Å²) in [7, 11) is 0. The Bertz CT molecular complexity index is 457. The Hall–Kier alpha value is -1.55. The molecule has 2 aromatic rings. The van der Waals surface area contributed by atoms with E-state index in [0.717, 1.165) is 21.2 Å². The van der Waals surface area contributed by atoms with Crippen LogP contribution in [-0.2, 0) is 0 Å². The van der Waals surface area contributed by atoms with Gasteiger partial charge in [-0.05, 0) is 38.1 Å². The number of nitrogens with zero attached hydrogens (tertiary/aromatic N) is 1. The minimum atomic E-state index is 0.619. The number of thiazole rings is 1. The van der Waals surface area contributed by atoms with Gasteiger partial charge in [-0.25, -0.2) is 4.98 Å². The lowest BCUT2D eigenvalue weighted by Crippen LogP contribution is -1.90. The smallest absolute Gasteiger partial charge is 0.138 e. The molecule has 4 heteroatoms. The Morgan fingerprint density at radius 3 is 2.50 bits per heavy atom. The monoisotopic (exact) mass is 234 g/mol. The van der Waals surface area contributed by atoms with Gasteiger partial charge in [-0.2, -0.15) is 0 Å². The van der Waals surface area contributed by atoms with E-state index >= 15 is 0 Å². The quantitative estimate of drug-likeness (QED) is 0.887. The van der Waals surface area contributed by atoms with Gasteiger partial charge >= 0.3 is 0 Å². The Labute approximate surface area is 98.9 Å². The molecule has 3 nitrogen and oxygen atoms in total. The summed E-state index contributed by atoms with van der Waals surface area (Å²) in [4.78, 5) is 5.37. The maximum Gasteiger partial charge on any atom is 0.138 e. The van der Waals surface area contributed by atoms with E-state index in [9.17, 15) is 0 Å². The molecule has 1 heterocycles. The molecule has 16 heavy (non-hydrogen) atoms. The highest BCUT2D eigenvalue weighted by molar-refractivity contribution is 7.15. The second kappa shape index (κ2) is 4.53. The molecule has 0 saturated heterocycles. The van der Waals surface area contributed by atoms with Gasteiger partial charge in [0.25, 0.3) is 0 Å². The van der Waals surface area contributed by atoms with Gasteiger partial charge in [0, 0.05) is 10.4 Å². The zero-order valence-corrected chi connectivity index (χ0v) is 10.2. The summed E-state index contributed by atoms with van der Waals surface area (Å²) in [6.07, 6.45) is 0. The molecule has 0 amide bonds. The van der Waals surface area contributed by atoms with Gasteiger partial charge in [-0.1, -0.05) is 0 Å². The van der Waals surface area contributed by atoms with E-state index < -0.39 is 0 Å². The molecule has 0 atom stereocenters. The number of hydrogen-bond acceptors (Lipinski definition) is 4. The van der Waals surface area contributed by atoms with Crippen LogP contribution in [0, 0.1) is 6.92 Å². The normalized spacial score (nSPS) is 10.4. The largest absolute Gasteiger partial charge is 0.494 e. The highest BCUT2D eigenvalue weighted by Crippen LogP contribution is 2.29. The van der Waals surface area contributed by atoms with E-state index in [0.29, 0.717) is 12.4 Å². The fourth-order valence-electron chi connectivity index (χ4n) is 1.39. The summed E-state index contributed by atoms with van der Waals surface area (Å²) >= 11 is 1.61. The van der Waals surface area contributed by atoms with Crippen molar-refractivity contribution >= 4 is 17.2 Å². The van der Waals surface area contributed by atoms with Crippen molar-refractivity contribution in [2.75, 3.05) is 12.3 Å². The van der Waals surface area contributed by atoms with Crippen LogP contribution in [0.3, 0.4) is 0 Å². The molecule has 0 fully saturated rings. The Morgan fingerprint density at radius 2 is 2.00 bits per heavy atom. The molecule has 1 aromatic carbocycles. The lowest BCUT2D eigenvalue weighted by atomic mass is 10.2. The van der Waals surface area contributed by atoms with Crippen molar-refractivity contribution in [1.82, 2.24) is 4.98 Å². The number of ether oxygens (including phenoxy) is 1. The minimum Gasteiger partial charge on any atom is -0.494 e. The van der Waals surface area contributed by atoms with E-state index in [1.54, 1.807) is 11.3 Å². The van der Waals surface area contributed by atoms with E-state index in [-0.39, 0.29) is 0 Å². The maximum absolute atomic E-state index is 5.73. The van der Waals surface area contributed by atoms with E-state index in [4.69, 9.17) is 10.5 Å². The number of nitrogen functional groups attached to an aromatic ring is 1. The molecule has 0 aliphatic rings. The molecule has 84 valence electrons. The van der Waals surface area contributed by atoms with Crippen LogP contribution in [0.2, 0.25) is 0 Å². The molecule has 0 unspecified atom stereocenters. The predicted octanol–water partition coefficient (Wildman–Crippen LogP) is 3.10. The number of aryl methyl sites for hydroxylation is 1. The summed E-state index contributed by atoms with van der Waals surface area (Å²) in [5.41, 5.74) is 6.81. The second-order valence-electron chi connectivity index (χ2n) is 3.42. The summed E-state index contributed by atoms with van der Waals surface area (Å²) in [5.74, 6) is 1.50. The van der Waals surface area contributed by atoms with Gasteiger partial charge in [0.05, 0.1) is 6.61 Å². The van der Waals surface area contributed by atoms with Crippen LogP contribution in [0.5, 0.6) is 5.75 Å². The van der Waals surface area contributed by atoms with Crippen molar-refractivity contribution in [2.24, 2.45) is 0 Å². The van der Waals surface area contributed by atoms with Crippen molar-refractivity contribution in [2.45, 2.75) is 13.8 Å². The molecule has 0 aliphatic carbocycles.